The Balaban J connectivity index is 2.02. The topological polar surface area (TPSA) is 29.1 Å². The standard InChI is InChI=1S/C14H16ClNO/c1-10-7-8-12(9-13(10)15)16-14(17)11-5-3-2-4-6-11/h2-3,7-9,11H,4-6H2,1H3,(H,16,17)/t11-/m0/s1. The van der Waals surface area contributed by atoms with Crippen LogP contribution in [0.3, 0.4) is 0 Å². The van der Waals surface area contributed by atoms with E-state index in [0.29, 0.717) is 5.02 Å². The molecule has 1 aliphatic carbocycles. The van der Waals surface area contributed by atoms with Crippen molar-refractivity contribution >= 4 is 23.2 Å². The molecule has 2 nitrogen and oxygen atoms in total. The summed E-state index contributed by atoms with van der Waals surface area (Å²) in [6.45, 7) is 1.94. The lowest BCUT2D eigenvalue weighted by atomic mass is 9.93. The number of anilines is 1. The van der Waals surface area contributed by atoms with E-state index in [1.54, 1.807) is 6.07 Å². The van der Waals surface area contributed by atoms with Gasteiger partial charge in [-0.25, -0.2) is 0 Å². The quantitative estimate of drug-likeness (QED) is 0.791. The molecule has 90 valence electrons. The zero-order valence-electron chi connectivity index (χ0n) is 9.87. The average molecular weight is 250 g/mol. The third-order valence-corrected chi connectivity index (χ3v) is 3.49. The van der Waals surface area contributed by atoms with Gasteiger partial charge >= 0.3 is 0 Å². The van der Waals surface area contributed by atoms with Gasteiger partial charge in [0.15, 0.2) is 0 Å². The van der Waals surface area contributed by atoms with Crippen molar-refractivity contribution in [1.82, 2.24) is 0 Å². The molecule has 0 heterocycles. The van der Waals surface area contributed by atoms with Gasteiger partial charge in [0, 0.05) is 16.6 Å². The number of hydrogen-bond donors (Lipinski definition) is 1. The van der Waals surface area contributed by atoms with Crippen LogP contribution in [-0.4, -0.2) is 5.91 Å². The molecule has 0 spiro atoms. The van der Waals surface area contributed by atoms with Gasteiger partial charge in [-0.3, -0.25) is 4.79 Å². The zero-order chi connectivity index (χ0) is 12.3. The molecular formula is C14H16ClNO. The number of aryl methyl sites for hydroxylation is 1. The lowest BCUT2D eigenvalue weighted by Crippen LogP contribution is -2.23. The van der Waals surface area contributed by atoms with E-state index in [2.05, 4.69) is 17.5 Å². The van der Waals surface area contributed by atoms with Crippen LogP contribution >= 0.6 is 11.6 Å². The van der Waals surface area contributed by atoms with E-state index in [4.69, 9.17) is 11.6 Å². The maximum Gasteiger partial charge on any atom is 0.227 e. The van der Waals surface area contributed by atoms with Crippen molar-refractivity contribution in [2.45, 2.75) is 26.2 Å². The molecule has 3 heteroatoms. The summed E-state index contributed by atoms with van der Waals surface area (Å²) in [6.07, 6.45) is 6.97. The minimum atomic E-state index is 0.0919. The van der Waals surface area contributed by atoms with E-state index in [1.165, 1.54) is 0 Å². The van der Waals surface area contributed by atoms with Gasteiger partial charge < -0.3 is 5.32 Å². The van der Waals surface area contributed by atoms with Crippen molar-refractivity contribution in [2.24, 2.45) is 5.92 Å². The molecule has 2 rings (SSSR count). The number of rotatable bonds is 2. The summed E-state index contributed by atoms with van der Waals surface area (Å²) in [5, 5.41) is 3.61. The molecular weight excluding hydrogens is 234 g/mol. The molecule has 0 saturated heterocycles. The van der Waals surface area contributed by atoms with Crippen molar-refractivity contribution in [3.63, 3.8) is 0 Å². The molecule has 1 amide bonds. The van der Waals surface area contributed by atoms with Crippen LogP contribution in [0.2, 0.25) is 5.02 Å². The van der Waals surface area contributed by atoms with Crippen LogP contribution in [0, 0.1) is 12.8 Å². The van der Waals surface area contributed by atoms with Crippen molar-refractivity contribution < 1.29 is 4.79 Å². The summed E-state index contributed by atoms with van der Waals surface area (Å²) in [6, 6.07) is 5.60. The van der Waals surface area contributed by atoms with E-state index in [0.717, 1.165) is 30.5 Å². The van der Waals surface area contributed by atoms with Crippen LogP contribution in [0.5, 0.6) is 0 Å². The Labute approximate surface area is 107 Å². The molecule has 0 fully saturated rings. The fourth-order valence-corrected chi connectivity index (χ4v) is 2.13. The molecule has 1 atom stereocenters. The summed E-state index contributed by atoms with van der Waals surface area (Å²) < 4.78 is 0. The van der Waals surface area contributed by atoms with Gasteiger partial charge in [-0.2, -0.15) is 0 Å². The molecule has 0 unspecified atom stereocenters. The van der Waals surface area contributed by atoms with E-state index in [-0.39, 0.29) is 11.8 Å². The summed E-state index contributed by atoms with van der Waals surface area (Å²) >= 11 is 6.02. The Hall–Kier alpha value is -1.28. The van der Waals surface area contributed by atoms with Gasteiger partial charge in [0.05, 0.1) is 0 Å². The highest BCUT2D eigenvalue weighted by atomic mass is 35.5. The van der Waals surface area contributed by atoms with Crippen LogP contribution in [0.4, 0.5) is 5.69 Å². The number of halogens is 1. The van der Waals surface area contributed by atoms with Gasteiger partial charge in [0.25, 0.3) is 0 Å². The number of carbonyl (C=O) groups is 1. The van der Waals surface area contributed by atoms with Crippen LogP contribution in [-0.2, 0) is 4.79 Å². The lowest BCUT2D eigenvalue weighted by molar-refractivity contribution is -0.120. The van der Waals surface area contributed by atoms with Crippen LogP contribution < -0.4 is 5.32 Å². The number of carbonyl (C=O) groups excluding carboxylic acids is 1. The van der Waals surface area contributed by atoms with Gasteiger partial charge in [0.2, 0.25) is 5.91 Å². The van der Waals surface area contributed by atoms with Crippen molar-refractivity contribution in [3.8, 4) is 0 Å². The van der Waals surface area contributed by atoms with E-state index >= 15 is 0 Å². The molecule has 1 N–H and O–H groups in total. The molecule has 1 aliphatic rings. The first kappa shape index (κ1) is 12.2. The number of hydrogen-bond acceptors (Lipinski definition) is 1. The van der Waals surface area contributed by atoms with Gasteiger partial charge in [-0.1, -0.05) is 29.8 Å². The maximum atomic E-state index is 12.0. The Morgan fingerprint density at radius 1 is 1.41 bits per heavy atom. The Bertz CT molecular complexity index is 454. The number of nitrogens with one attached hydrogen (secondary N) is 1. The first-order chi connectivity index (χ1) is 8.16. The fourth-order valence-electron chi connectivity index (χ4n) is 1.95. The Morgan fingerprint density at radius 3 is 2.88 bits per heavy atom. The number of benzene rings is 1. The zero-order valence-corrected chi connectivity index (χ0v) is 10.6. The van der Waals surface area contributed by atoms with Crippen molar-refractivity contribution in [2.75, 3.05) is 5.32 Å². The monoisotopic (exact) mass is 249 g/mol. The first-order valence-corrected chi connectivity index (χ1v) is 6.26. The van der Waals surface area contributed by atoms with E-state index < -0.39 is 0 Å². The second-order valence-electron chi connectivity index (χ2n) is 4.43. The number of allylic oxidation sites excluding steroid dienone is 2. The molecule has 1 aromatic rings. The molecule has 0 aromatic heterocycles. The molecule has 0 bridgehead atoms. The summed E-state index contributed by atoms with van der Waals surface area (Å²) in [5.41, 5.74) is 1.80. The van der Waals surface area contributed by atoms with Crippen LogP contribution in [0.25, 0.3) is 0 Å². The first-order valence-electron chi connectivity index (χ1n) is 5.89. The van der Waals surface area contributed by atoms with Gasteiger partial charge in [-0.05, 0) is 43.9 Å². The van der Waals surface area contributed by atoms with Gasteiger partial charge in [-0.15, -0.1) is 0 Å². The van der Waals surface area contributed by atoms with Crippen LogP contribution in [0.1, 0.15) is 24.8 Å². The minimum absolute atomic E-state index is 0.0919. The van der Waals surface area contributed by atoms with Crippen molar-refractivity contribution in [3.05, 3.63) is 40.9 Å². The highest BCUT2D eigenvalue weighted by molar-refractivity contribution is 6.31. The summed E-state index contributed by atoms with van der Waals surface area (Å²) in [5.74, 6) is 0.189. The number of amides is 1. The van der Waals surface area contributed by atoms with E-state index in [9.17, 15) is 4.79 Å². The van der Waals surface area contributed by atoms with Crippen molar-refractivity contribution in [1.29, 1.82) is 0 Å². The Morgan fingerprint density at radius 2 is 2.24 bits per heavy atom. The highest BCUT2D eigenvalue weighted by Crippen LogP contribution is 2.23. The predicted octanol–water partition coefficient (Wildman–Crippen LogP) is 3.94. The lowest BCUT2D eigenvalue weighted by Gasteiger charge is -2.17. The smallest absolute Gasteiger partial charge is 0.227 e. The highest BCUT2D eigenvalue weighted by Gasteiger charge is 2.18. The van der Waals surface area contributed by atoms with Crippen LogP contribution in [0.15, 0.2) is 30.4 Å². The second kappa shape index (κ2) is 5.37. The predicted molar refractivity (Wildman–Crippen MR) is 71.3 cm³/mol. The second-order valence-corrected chi connectivity index (χ2v) is 4.84. The van der Waals surface area contributed by atoms with Gasteiger partial charge in [0.1, 0.15) is 0 Å². The normalized spacial score (nSPS) is 19.1. The SMILES string of the molecule is Cc1ccc(NC(=O)[C@H]2CC=CCC2)cc1Cl. The molecule has 17 heavy (non-hydrogen) atoms. The maximum absolute atomic E-state index is 12.0. The molecule has 0 radical (unpaired) electrons. The summed E-state index contributed by atoms with van der Waals surface area (Å²) in [4.78, 5) is 12.0. The third-order valence-electron chi connectivity index (χ3n) is 3.08. The largest absolute Gasteiger partial charge is 0.326 e. The third kappa shape index (κ3) is 3.10. The summed E-state index contributed by atoms with van der Waals surface area (Å²) in [7, 11) is 0. The fraction of sp³-hybridized carbons (Fsp3) is 0.357. The molecule has 1 aromatic carbocycles. The Kier molecular flexibility index (Phi) is 3.85. The van der Waals surface area contributed by atoms with E-state index in [1.807, 2.05) is 19.1 Å². The molecule has 0 saturated carbocycles. The molecule has 0 aliphatic heterocycles. The average Bonchev–Trinajstić information content (AvgIpc) is 2.35. The minimum Gasteiger partial charge on any atom is -0.326 e.